The Morgan fingerprint density at radius 2 is 2.20 bits per heavy atom. The Morgan fingerprint density at radius 3 is 3.00 bits per heavy atom. The molecular formula is C8H10N2. The fourth-order valence-electron chi connectivity index (χ4n) is 1.33. The lowest BCUT2D eigenvalue weighted by molar-refractivity contribution is 0.797. The van der Waals surface area contributed by atoms with Gasteiger partial charge in [0.1, 0.15) is 0 Å². The number of hydrogen-bond acceptors (Lipinski definition) is 2. The number of para-hydroxylation sites is 1. The smallest absolute Gasteiger partial charge is 0.0784 e. The van der Waals surface area contributed by atoms with Crippen LogP contribution in [0.15, 0.2) is 24.3 Å². The summed E-state index contributed by atoms with van der Waals surface area (Å²) in [6.45, 7) is 0. The second-order valence-corrected chi connectivity index (χ2v) is 2.61. The van der Waals surface area contributed by atoms with Crippen molar-refractivity contribution in [2.45, 2.75) is 12.6 Å². The maximum atomic E-state index is 5.67. The summed E-state index contributed by atoms with van der Waals surface area (Å²) in [5.41, 5.74) is 8.19. The molecule has 1 aromatic carbocycles. The first-order chi connectivity index (χ1) is 4.86. The van der Waals surface area contributed by atoms with Gasteiger partial charge >= 0.3 is 0 Å². The van der Waals surface area contributed by atoms with Gasteiger partial charge in [-0.3, -0.25) is 0 Å². The van der Waals surface area contributed by atoms with Crippen LogP contribution in [0.4, 0.5) is 5.69 Å². The number of hydrogen-bond donors (Lipinski definition) is 2. The summed E-state index contributed by atoms with van der Waals surface area (Å²) in [6.07, 6.45) is 1.08. The highest BCUT2D eigenvalue weighted by atomic mass is 15.0. The summed E-state index contributed by atoms with van der Waals surface area (Å²) >= 11 is 0. The number of fused-ring (bicyclic) bond motifs is 1. The zero-order chi connectivity index (χ0) is 6.97. The number of anilines is 1. The summed E-state index contributed by atoms with van der Waals surface area (Å²) < 4.78 is 0. The van der Waals surface area contributed by atoms with Crippen molar-refractivity contribution in [3.63, 3.8) is 0 Å². The van der Waals surface area contributed by atoms with Crippen molar-refractivity contribution in [2.24, 2.45) is 5.73 Å². The Bertz CT molecular complexity index is 220. The van der Waals surface area contributed by atoms with Crippen LogP contribution in [-0.4, -0.2) is 6.17 Å². The molecular weight excluding hydrogens is 124 g/mol. The number of nitrogens with one attached hydrogen (secondary N) is 1. The Kier molecular flexibility index (Phi) is 1.14. The van der Waals surface area contributed by atoms with Crippen molar-refractivity contribution in [1.82, 2.24) is 0 Å². The van der Waals surface area contributed by atoms with E-state index in [1.165, 1.54) is 11.3 Å². The second-order valence-electron chi connectivity index (χ2n) is 2.61. The molecule has 3 N–H and O–H groups in total. The average molecular weight is 134 g/mol. The van der Waals surface area contributed by atoms with Crippen molar-refractivity contribution >= 4 is 5.69 Å². The molecule has 1 aliphatic heterocycles. The van der Waals surface area contributed by atoms with E-state index in [2.05, 4.69) is 17.4 Å². The third-order valence-electron chi connectivity index (χ3n) is 1.80. The van der Waals surface area contributed by atoms with Gasteiger partial charge in [0.15, 0.2) is 0 Å². The topological polar surface area (TPSA) is 38.0 Å². The first-order valence-electron chi connectivity index (χ1n) is 3.46. The molecule has 0 radical (unpaired) electrons. The largest absolute Gasteiger partial charge is 0.370 e. The first kappa shape index (κ1) is 5.74. The van der Waals surface area contributed by atoms with Gasteiger partial charge in [-0.1, -0.05) is 18.2 Å². The number of rotatable bonds is 0. The van der Waals surface area contributed by atoms with Gasteiger partial charge in [0, 0.05) is 12.1 Å². The monoisotopic (exact) mass is 134 g/mol. The van der Waals surface area contributed by atoms with E-state index in [-0.39, 0.29) is 6.17 Å². The van der Waals surface area contributed by atoms with Crippen LogP contribution in [0.3, 0.4) is 0 Å². The van der Waals surface area contributed by atoms with E-state index in [0.717, 1.165) is 6.42 Å². The quantitative estimate of drug-likeness (QED) is 0.554. The Balaban J connectivity index is 2.42. The van der Waals surface area contributed by atoms with Crippen molar-refractivity contribution < 1.29 is 0 Å². The van der Waals surface area contributed by atoms with E-state index in [4.69, 9.17) is 5.73 Å². The fourth-order valence-corrected chi connectivity index (χ4v) is 1.33. The van der Waals surface area contributed by atoms with E-state index in [9.17, 15) is 0 Å². The van der Waals surface area contributed by atoms with Gasteiger partial charge in [0.2, 0.25) is 0 Å². The molecule has 2 heteroatoms. The van der Waals surface area contributed by atoms with Crippen LogP contribution in [0.1, 0.15) is 5.56 Å². The van der Waals surface area contributed by atoms with Crippen LogP contribution >= 0.6 is 0 Å². The van der Waals surface area contributed by atoms with Crippen LogP contribution in [0, 0.1) is 0 Å². The minimum atomic E-state index is 0.123. The summed E-state index contributed by atoms with van der Waals surface area (Å²) in [5.74, 6) is 0. The number of benzene rings is 1. The zero-order valence-electron chi connectivity index (χ0n) is 5.67. The summed E-state index contributed by atoms with van der Waals surface area (Å²) in [7, 11) is 0. The average Bonchev–Trinajstić information content (AvgIpc) is 2.27. The molecule has 0 saturated heterocycles. The lowest BCUT2D eigenvalue weighted by Crippen LogP contribution is -2.25. The minimum absolute atomic E-state index is 0.123. The van der Waals surface area contributed by atoms with E-state index in [1.54, 1.807) is 0 Å². The maximum absolute atomic E-state index is 5.67. The fraction of sp³-hybridized carbons (Fsp3) is 0.250. The lowest BCUT2D eigenvalue weighted by atomic mass is 10.2. The van der Waals surface area contributed by atoms with Gasteiger partial charge < -0.3 is 11.1 Å². The van der Waals surface area contributed by atoms with Gasteiger partial charge in [0.25, 0.3) is 0 Å². The van der Waals surface area contributed by atoms with Crippen molar-refractivity contribution in [1.29, 1.82) is 0 Å². The molecule has 0 bridgehead atoms. The van der Waals surface area contributed by atoms with Gasteiger partial charge in [0.05, 0.1) is 6.17 Å². The molecule has 0 aromatic heterocycles. The molecule has 0 amide bonds. The molecule has 52 valence electrons. The Labute approximate surface area is 60.0 Å². The van der Waals surface area contributed by atoms with Crippen molar-refractivity contribution in [3.8, 4) is 0 Å². The second kappa shape index (κ2) is 1.99. The molecule has 1 heterocycles. The van der Waals surface area contributed by atoms with Crippen molar-refractivity contribution in [3.05, 3.63) is 29.8 Å². The van der Waals surface area contributed by atoms with Crippen LogP contribution in [-0.2, 0) is 6.42 Å². The predicted molar refractivity (Wildman–Crippen MR) is 41.7 cm³/mol. The highest BCUT2D eigenvalue weighted by molar-refractivity contribution is 5.56. The highest BCUT2D eigenvalue weighted by Gasteiger charge is 2.14. The SMILES string of the molecule is N[C@@H]1Cc2ccccc2N1. The Morgan fingerprint density at radius 1 is 1.40 bits per heavy atom. The van der Waals surface area contributed by atoms with E-state index < -0.39 is 0 Å². The standard InChI is InChI=1S/C8H10N2/c9-8-5-6-3-1-2-4-7(6)10-8/h1-4,8,10H,5,9H2/t8-/m0/s1. The van der Waals surface area contributed by atoms with E-state index in [1.807, 2.05) is 12.1 Å². The summed E-state index contributed by atoms with van der Waals surface area (Å²) in [4.78, 5) is 0. The van der Waals surface area contributed by atoms with Gasteiger partial charge in [-0.15, -0.1) is 0 Å². The maximum Gasteiger partial charge on any atom is 0.0784 e. The molecule has 1 aliphatic rings. The van der Waals surface area contributed by atoms with Gasteiger partial charge in [-0.2, -0.15) is 0 Å². The van der Waals surface area contributed by atoms with E-state index in [0.29, 0.717) is 0 Å². The zero-order valence-corrected chi connectivity index (χ0v) is 5.67. The predicted octanol–water partition coefficient (Wildman–Crippen LogP) is 0.939. The number of nitrogens with two attached hydrogens (primary N) is 1. The molecule has 10 heavy (non-hydrogen) atoms. The lowest BCUT2D eigenvalue weighted by Gasteiger charge is -2.00. The Hall–Kier alpha value is -1.02. The van der Waals surface area contributed by atoms with Crippen molar-refractivity contribution in [2.75, 3.05) is 5.32 Å². The molecule has 0 fully saturated rings. The highest BCUT2D eigenvalue weighted by Crippen LogP contribution is 2.22. The van der Waals surface area contributed by atoms with Crippen LogP contribution in [0.2, 0.25) is 0 Å². The molecule has 0 aliphatic carbocycles. The van der Waals surface area contributed by atoms with Crippen LogP contribution in [0.25, 0.3) is 0 Å². The van der Waals surface area contributed by atoms with E-state index >= 15 is 0 Å². The van der Waals surface area contributed by atoms with Gasteiger partial charge in [-0.05, 0) is 11.6 Å². The normalized spacial score (nSPS) is 21.9. The first-order valence-corrected chi connectivity index (χ1v) is 3.46. The third kappa shape index (κ3) is 0.772. The van der Waals surface area contributed by atoms with Crippen LogP contribution in [0.5, 0.6) is 0 Å². The summed E-state index contributed by atoms with van der Waals surface area (Å²) in [5, 5.41) is 3.18. The molecule has 0 saturated carbocycles. The molecule has 0 spiro atoms. The summed E-state index contributed by atoms with van der Waals surface area (Å²) in [6, 6.07) is 8.22. The van der Waals surface area contributed by atoms with Crippen LogP contribution < -0.4 is 11.1 Å². The molecule has 1 atom stereocenters. The minimum Gasteiger partial charge on any atom is -0.370 e. The molecule has 2 nitrogen and oxygen atoms in total. The van der Waals surface area contributed by atoms with Gasteiger partial charge in [-0.25, -0.2) is 0 Å². The third-order valence-corrected chi connectivity index (χ3v) is 1.80. The molecule has 1 aromatic rings. The molecule has 0 unspecified atom stereocenters. The molecule has 2 rings (SSSR count).